The van der Waals surface area contributed by atoms with Crippen LogP contribution in [-0.4, -0.2) is 28.6 Å². The van der Waals surface area contributed by atoms with Gasteiger partial charge in [-0.3, -0.25) is 4.79 Å². The summed E-state index contributed by atoms with van der Waals surface area (Å²) in [7, 11) is 0. The second kappa shape index (κ2) is 11.3. The molecule has 2 aromatic carbocycles. The number of Topliss-reactive ketones (excluding diaryl/α,β-unsaturated/α-hetero) is 1. The van der Waals surface area contributed by atoms with E-state index in [0.29, 0.717) is 17.1 Å². The standard InChI is InChI=1S/C44H40N4O/c1-10-26-11-13-27(14-12-26)39-33-17-15-31(45-33)24-37-41(49)44(8,9)38(48-37)25-32-16-18-34(46-32)40(36-20-19-35(39)47-36)28-21-29(42(2,3)4)23-30(22-28)43(5,6)7/h1,11-25H,2-9H3. The molecular formula is C44H40N4O. The van der Waals surface area contributed by atoms with Gasteiger partial charge in [-0.2, -0.15) is 0 Å². The lowest BCUT2D eigenvalue weighted by Crippen LogP contribution is -2.25. The first-order chi connectivity index (χ1) is 23.1. The lowest BCUT2D eigenvalue weighted by atomic mass is 9.78. The lowest BCUT2D eigenvalue weighted by Gasteiger charge is -2.27. The average Bonchev–Trinajstić information content (AvgIpc) is 3.84. The Labute approximate surface area is 289 Å². The van der Waals surface area contributed by atoms with Crippen molar-refractivity contribution in [3.05, 3.63) is 142 Å². The molecule has 0 aliphatic carbocycles. The molecule has 5 nitrogen and oxygen atoms in total. The first kappa shape index (κ1) is 32.1. The van der Waals surface area contributed by atoms with Crippen LogP contribution in [0.1, 0.15) is 83.2 Å². The van der Waals surface area contributed by atoms with Crippen molar-refractivity contribution in [2.75, 3.05) is 0 Å². The van der Waals surface area contributed by atoms with Crippen molar-refractivity contribution in [3.63, 3.8) is 0 Å². The summed E-state index contributed by atoms with van der Waals surface area (Å²) in [5.41, 5.74) is 11.8. The van der Waals surface area contributed by atoms with E-state index in [-0.39, 0.29) is 16.6 Å². The third-order valence-corrected chi connectivity index (χ3v) is 9.53. The largest absolute Gasteiger partial charge is 0.291 e. The van der Waals surface area contributed by atoms with Crippen LogP contribution in [0.3, 0.4) is 0 Å². The van der Waals surface area contributed by atoms with Gasteiger partial charge < -0.3 is 0 Å². The summed E-state index contributed by atoms with van der Waals surface area (Å²) in [5.74, 6) is 2.67. The van der Waals surface area contributed by atoms with Gasteiger partial charge in [0.05, 0.1) is 45.3 Å². The van der Waals surface area contributed by atoms with E-state index in [1.807, 2.05) is 68.5 Å². The fourth-order valence-electron chi connectivity index (χ4n) is 6.41. The quantitative estimate of drug-likeness (QED) is 0.302. The highest BCUT2D eigenvalue weighted by Gasteiger charge is 2.40. The molecular weight excluding hydrogens is 601 g/mol. The van der Waals surface area contributed by atoms with Crippen LogP contribution in [0.5, 0.6) is 0 Å². The van der Waals surface area contributed by atoms with E-state index in [0.717, 1.165) is 56.4 Å². The van der Waals surface area contributed by atoms with Gasteiger partial charge in [0.25, 0.3) is 0 Å². The minimum atomic E-state index is -0.804. The highest BCUT2D eigenvalue weighted by Crippen LogP contribution is 2.40. The number of hydrogen-bond donors (Lipinski definition) is 0. The normalized spacial score (nSPS) is 19.5. The molecule has 0 amide bonds. The summed E-state index contributed by atoms with van der Waals surface area (Å²) >= 11 is 0. The van der Waals surface area contributed by atoms with E-state index in [4.69, 9.17) is 26.4 Å². The molecule has 7 rings (SSSR count). The molecule has 0 saturated carbocycles. The second-order valence-electron chi connectivity index (χ2n) is 15.6. The van der Waals surface area contributed by atoms with E-state index in [9.17, 15) is 4.79 Å². The molecule has 242 valence electrons. The molecule has 0 atom stereocenters. The van der Waals surface area contributed by atoms with Crippen molar-refractivity contribution in [1.82, 2.24) is 0 Å². The maximum Gasteiger partial charge on any atom is 0.192 e. The van der Waals surface area contributed by atoms with Gasteiger partial charge in [0.2, 0.25) is 0 Å². The van der Waals surface area contributed by atoms with E-state index in [1.165, 1.54) is 11.1 Å². The van der Waals surface area contributed by atoms with Crippen molar-refractivity contribution in [2.45, 2.75) is 66.2 Å². The van der Waals surface area contributed by atoms with Crippen LogP contribution in [0.25, 0.3) is 11.1 Å². The molecule has 0 saturated heterocycles. The number of carbonyl (C=O) groups is 1. The van der Waals surface area contributed by atoms with Crippen LogP contribution in [0, 0.1) is 17.8 Å². The van der Waals surface area contributed by atoms with Gasteiger partial charge in [0.1, 0.15) is 5.71 Å². The third kappa shape index (κ3) is 5.82. The molecule has 0 radical (unpaired) electrons. The average molecular weight is 641 g/mol. The van der Waals surface area contributed by atoms with Crippen molar-refractivity contribution < 1.29 is 4.79 Å². The lowest BCUT2D eigenvalue weighted by molar-refractivity contribution is -0.118. The molecule has 0 spiro atoms. The van der Waals surface area contributed by atoms with Crippen LogP contribution < -0.4 is 0 Å². The summed E-state index contributed by atoms with van der Waals surface area (Å²) in [6.07, 6.45) is 21.5. The summed E-state index contributed by atoms with van der Waals surface area (Å²) in [4.78, 5) is 33.9. The molecule has 5 heteroatoms. The Balaban J connectivity index is 1.54. The fourth-order valence-corrected chi connectivity index (χ4v) is 6.41. The maximum absolute atomic E-state index is 13.6. The van der Waals surface area contributed by atoms with Crippen LogP contribution in [0.4, 0.5) is 0 Å². The van der Waals surface area contributed by atoms with Gasteiger partial charge in [-0.25, -0.2) is 20.0 Å². The zero-order valence-corrected chi connectivity index (χ0v) is 29.4. The molecule has 8 bridgehead atoms. The van der Waals surface area contributed by atoms with Crippen molar-refractivity contribution in [3.8, 4) is 12.3 Å². The summed E-state index contributed by atoms with van der Waals surface area (Å²) < 4.78 is 0. The SMILES string of the molecule is C#Cc1ccc(C2=C3C=CC(=N3)C(c3cc(C(C)(C)C)cc(C(C)(C)C)c3)=C3C=CC(=N3)C=C3N=C(C=C4C=CC2=N4)C(=O)C3(C)C)cc1. The van der Waals surface area contributed by atoms with Gasteiger partial charge in [0.15, 0.2) is 5.78 Å². The first-order valence-corrected chi connectivity index (χ1v) is 16.7. The predicted molar refractivity (Wildman–Crippen MR) is 204 cm³/mol. The topological polar surface area (TPSA) is 66.5 Å². The smallest absolute Gasteiger partial charge is 0.192 e. The number of carbonyl (C=O) groups excluding carboxylic acids is 1. The molecule has 0 N–H and O–H groups in total. The van der Waals surface area contributed by atoms with Gasteiger partial charge in [-0.05, 0) is 108 Å². The van der Waals surface area contributed by atoms with Crippen LogP contribution in [0.15, 0.2) is 134 Å². The first-order valence-electron chi connectivity index (χ1n) is 16.7. The van der Waals surface area contributed by atoms with E-state index in [1.54, 1.807) is 6.08 Å². The zero-order chi connectivity index (χ0) is 34.9. The highest BCUT2D eigenvalue weighted by atomic mass is 16.1. The van der Waals surface area contributed by atoms with E-state index < -0.39 is 5.41 Å². The van der Waals surface area contributed by atoms with Crippen molar-refractivity contribution >= 4 is 39.8 Å². The Kier molecular flexibility index (Phi) is 7.41. The summed E-state index contributed by atoms with van der Waals surface area (Å²) in [6.45, 7) is 17.3. The molecule has 5 aliphatic rings. The number of fused-ring (bicyclic) bond motifs is 4. The number of hydrogen-bond acceptors (Lipinski definition) is 5. The minimum Gasteiger partial charge on any atom is -0.291 e. The Morgan fingerprint density at radius 3 is 1.88 bits per heavy atom. The monoisotopic (exact) mass is 640 g/mol. The van der Waals surface area contributed by atoms with Crippen LogP contribution >= 0.6 is 0 Å². The molecule has 5 aliphatic heterocycles. The van der Waals surface area contributed by atoms with E-state index >= 15 is 0 Å². The summed E-state index contributed by atoms with van der Waals surface area (Å²) in [5, 5.41) is 0. The van der Waals surface area contributed by atoms with Gasteiger partial charge >= 0.3 is 0 Å². The molecule has 49 heavy (non-hydrogen) atoms. The maximum atomic E-state index is 13.6. The van der Waals surface area contributed by atoms with Gasteiger partial charge in [0, 0.05) is 16.7 Å². The Hall–Kier alpha value is -5.47. The number of terminal acetylenes is 1. The predicted octanol–water partition coefficient (Wildman–Crippen LogP) is 9.25. The van der Waals surface area contributed by atoms with Crippen molar-refractivity contribution in [2.24, 2.45) is 25.4 Å². The number of rotatable bonds is 2. The fraction of sp³-hybridized carbons (Fsp3) is 0.250. The molecule has 0 aromatic heterocycles. The molecule has 2 aromatic rings. The number of ketones is 1. The molecule has 5 heterocycles. The highest BCUT2D eigenvalue weighted by molar-refractivity contribution is 6.49. The van der Waals surface area contributed by atoms with Gasteiger partial charge in [-0.15, -0.1) is 6.42 Å². The van der Waals surface area contributed by atoms with Crippen LogP contribution in [0.2, 0.25) is 0 Å². The van der Waals surface area contributed by atoms with Crippen LogP contribution in [-0.2, 0) is 15.6 Å². The molecule has 0 unspecified atom stereocenters. The number of allylic oxidation sites excluding steroid dienone is 11. The van der Waals surface area contributed by atoms with Gasteiger partial charge in [-0.1, -0.05) is 77.8 Å². The minimum absolute atomic E-state index is 0.0450. The number of nitrogens with zero attached hydrogens (tertiary/aromatic N) is 4. The zero-order valence-electron chi connectivity index (χ0n) is 29.4. The Bertz CT molecular complexity index is 2210. The molecule has 0 fully saturated rings. The second-order valence-corrected chi connectivity index (χ2v) is 15.6. The summed E-state index contributed by atoms with van der Waals surface area (Å²) in [6, 6.07) is 14.8. The number of benzene rings is 2. The van der Waals surface area contributed by atoms with E-state index in [2.05, 4.69) is 77.8 Å². The Morgan fingerprint density at radius 2 is 1.22 bits per heavy atom. The van der Waals surface area contributed by atoms with Crippen molar-refractivity contribution in [1.29, 1.82) is 0 Å². The number of aliphatic imine (C=N–C) groups is 4. The third-order valence-electron chi connectivity index (χ3n) is 9.53. The Morgan fingerprint density at radius 1 is 0.633 bits per heavy atom.